The number of carbonyl (C=O) groups excluding carboxylic acids is 1. The molecule has 0 saturated heterocycles. The van der Waals surface area contributed by atoms with Crippen molar-refractivity contribution < 1.29 is 27.4 Å². The van der Waals surface area contributed by atoms with Crippen LogP contribution in [-0.2, 0) is 28.7 Å². The lowest BCUT2D eigenvalue weighted by Crippen LogP contribution is -2.05. The predicted octanol–water partition coefficient (Wildman–Crippen LogP) is 5.88. The number of methoxy groups -OCH3 is 1. The number of alkyl halides is 3. The first-order valence-corrected chi connectivity index (χ1v) is 10.5. The maximum absolute atomic E-state index is 12.8. The first-order chi connectivity index (χ1) is 15.8. The van der Waals surface area contributed by atoms with Crippen molar-refractivity contribution in [3.63, 3.8) is 0 Å². The molecule has 0 aliphatic heterocycles. The number of halogens is 3. The first-order valence-electron chi connectivity index (χ1n) is 10.5. The lowest BCUT2D eigenvalue weighted by Gasteiger charge is -2.13. The van der Waals surface area contributed by atoms with Crippen LogP contribution in [0.2, 0.25) is 0 Å². The number of esters is 1. The second-order valence-corrected chi connectivity index (χ2v) is 7.32. The minimum Gasteiger partial charge on any atom is -0.481 e. The van der Waals surface area contributed by atoms with Crippen molar-refractivity contribution >= 4 is 11.7 Å². The van der Waals surface area contributed by atoms with Gasteiger partial charge in [-0.1, -0.05) is 24.3 Å². The Kier molecular flexibility index (Phi) is 7.92. The monoisotopic (exact) mass is 458 g/mol. The molecule has 8 heteroatoms. The van der Waals surface area contributed by atoms with Crippen molar-refractivity contribution in [3.05, 3.63) is 77.5 Å². The van der Waals surface area contributed by atoms with Gasteiger partial charge in [-0.05, 0) is 54.8 Å². The molecule has 0 saturated carbocycles. The Hall–Kier alpha value is -3.55. The van der Waals surface area contributed by atoms with Gasteiger partial charge in [-0.25, -0.2) is 4.98 Å². The van der Waals surface area contributed by atoms with E-state index in [2.05, 4.69) is 10.3 Å². The third-order valence-corrected chi connectivity index (χ3v) is 5.02. The molecular weight excluding hydrogens is 433 g/mol. The molecular formula is C25H25F3N2O3. The molecule has 2 aromatic carbocycles. The van der Waals surface area contributed by atoms with Crippen LogP contribution in [0.1, 0.15) is 30.0 Å². The molecule has 0 fully saturated rings. The Morgan fingerprint density at radius 2 is 1.73 bits per heavy atom. The van der Waals surface area contributed by atoms with Gasteiger partial charge in [-0.3, -0.25) is 4.79 Å². The number of aromatic nitrogens is 1. The fourth-order valence-corrected chi connectivity index (χ4v) is 3.28. The van der Waals surface area contributed by atoms with Crippen LogP contribution in [0.15, 0.2) is 60.8 Å². The van der Waals surface area contributed by atoms with Gasteiger partial charge in [0.25, 0.3) is 0 Å². The lowest BCUT2D eigenvalue weighted by atomic mass is 10.0. The molecule has 174 valence electrons. The molecule has 0 spiro atoms. The summed E-state index contributed by atoms with van der Waals surface area (Å²) in [6.07, 6.45) is -1.87. The molecule has 0 atom stereocenters. The van der Waals surface area contributed by atoms with E-state index < -0.39 is 11.7 Å². The molecule has 0 amide bonds. The van der Waals surface area contributed by atoms with Crippen LogP contribution in [0.5, 0.6) is 5.88 Å². The fraction of sp³-hybridized carbons (Fsp3) is 0.280. The Morgan fingerprint density at radius 1 is 1.03 bits per heavy atom. The van der Waals surface area contributed by atoms with Crippen LogP contribution >= 0.6 is 0 Å². The van der Waals surface area contributed by atoms with E-state index in [1.165, 1.54) is 19.2 Å². The third-order valence-electron chi connectivity index (χ3n) is 5.02. The Morgan fingerprint density at radius 3 is 2.33 bits per heavy atom. The second-order valence-electron chi connectivity index (χ2n) is 7.32. The molecule has 0 radical (unpaired) electrons. The highest BCUT2D eigenvalue weighted by Gasteiger charge is 2.30. The highest BCUT2D eigenvalue weighted by molar-refractivity contribution is 5.69. The number of nitrogens with zero attached hydrogens (tertiary/aromatic N) is 1. The SMILES string of the molecule is CCOC(=O)CCc1ccc(NCc2cc(-c3ccc(C(F)(F)F)cc3)cnc2OC)cc1. The number of benzene rings is 2. The van der Waals surface area contributed by atoms with Crippen LogP contribution in [0.3, 0.4) is 0 Å². The number of nitrogens with one attached hydrogen (secondary N) is 1. The van der Waals surface area contributed by atoms with Crippen LogP contribution in [-0.4, -0.2) is 24.7 Å². The van der Waals surface area contributed by atoms with Gasteiger partial charge in [0.15, 0.2) is 0 Å². The van der Waals surface area contributed by atoms with Crippen LogP contribution < -0.4 is 10.1 Å². The quantitative estimate of drug-likeness (QED) is 0.406. The van der Waals surface area contributed by atoms with Crippen molar-refractivity contribution in [1.82, 2.24) is 4.98 Å². The smallest absolute Gasteiger partial charge is 0.416 e. The summed E-state index contributed by atoms with van der Waals surface area (Å²) in [5.74, 6) is 0.219. The van der Waals surface area contributed by atoms with Gasteiger partial charge >= 0.3 is 12.1 Å². The van der Waals surface area contributed by atoms with E-state index in [4.69, 9.17) is 9.47 Å². The number of anilines is 1. The molecule has 0 aliphatic carbocycles. The van der Waals surface area contributed by atoms with Crippen molar-refractivity contribution in [1.29, 1.82) is 0 Å². The number of pyridine rings is 1. The summed E-state index contributed by atoms with van der Waals surface area (Å²) in [5, 5.41) is 3.30. The standard InChI is InChI=1S/C25H25F3N2O3/c1-3-33-23(31)13-6-17-4-11-22(12-5-17)29-16-20-14-19(15-30-24(20)32-2)18-7-9-21(10-8-18)25(26,27)28/h4-5,7-12,14-15,29H,3,6,13,16H2,1-2H3. The Bertz CT molecular complexity index is 1070. The number of hydrogen-bond acceptors (Lipinski definition) is 5. The van der Waals surface area contributed by atoms with E-state index >= 15 is 0 Å². The molecule has 1 heterocycles. The Labute approximate surface area is 190 Å². The average molecular weight is 458 g/mol. The van der Waals surface area contributed by atoms with Crippen molar-refractivity contribution in [3.8, 4) is 17.0 Å². The molecule has 3 aromatic rings. The van der Waals surface area contributed by atoms with Crippen LogP contribution in [0, 0.1) is 0 Å². The summed E-state index contributed by atoms with van der Waals surface area (Å²) < 4.78 is 48.7. The minimum absolute atomic E-state index is 0.216. The van der Waals surface area contributed by atoms with Gasteiger partial charge < -0.3 is 14.8 Å². The maximum Gasteiger partial charge on any atom is 0.416 e. The Balaban J connectivity index is 1.67. The molecule has 1 aromatic heterocycles. The second kappa shape index (κ2) is 10.8. The zero-order chi connectivity index (χ0) is 23.8. The van der Waals surface area contributed by atoms with Crippen molar-refractivity contribution in [2.45, 2.75) is 32.5 Å². The normalized spacial score (nSPS) is 11.2. The largest absolute Gasteiger partial charge is 0.481 e. The number of aryl methyl sites for hydroxylation is 1. The highest BCUT2D eigenvalue weighted by Crippen LogP contribution is 2.31. The number of rotatable bonds is 9. The molecule has 0 bridgehead atoms. The third kappa shape index (κ3) is 6.71. The van der Waals surface area contributed by atoms with Crippen LogP contribution in [0.25, 0.3) is 11.1 Å². The molecule has 3 rings (SSSR count). The predicted molar refractivity (Wildman–Crippen MR) is 120 cm³/mol. The van der Waals surface area contributed by atoms with Crippen molar-refractivity contribution in [2.75, 3.05) is 19.0 Å². The van der Waals surface area contributed by atoms with E-state index in [0.717, 1.165) is 28.9 Å². The molecule has 1 N–H and O–H groups in total. The number of ether oxygens (including phenoxy) is 2. The number of carbonyl (C=O) groups is 1. The van der Waals surface area contributed by atoms with E-state index in [9.17, 15) is 18.0 Å². The molecule has 0 aliphatic rings. The van der Waals surface area contributed by atoms with Gasteiger partial charge in [0.2, 0.25) is 5.88 Å². The zero-order valence-corrected chi connectivity index (χ0v) is 18.4. The lowest BCUT2D eigenvalue weighted by molar-refractivity contribution is -0.143. The fourth-order valence-electron chi connectivity index (χ4n) is 3.28. The van der Waals surface area contributed by atoms with Gasteiger partial charge in [0, 0.05) is 36.0 Å². The molecule has 33 heavy (non-hydrogen) atoms. The van der Waals surface area contributed by atoms with Crippen LogP contribution in [0.4, 0.5) is 18.9 Å². The van der Waals surface area contributed by atoms with Gasteiger partial charge in [-0.15, -0.1) is 0 Å². The van der Waals surface area contributed by atoms with Gasteiger partial charge in [-0.2, -0.15) is 13.2 Å². The minimum atomic E-state index is -4.37. The first kappa shape index (κ1) is 24.1. The van der Waals surface area contributed by atoms with E-state index in [0.29, 0.717) is 43.0 Å². The summed E-state index contributed by atoms with van der Waals surface area (Å²) in [5.41, 5.74) is 3.29. The van der Waals surface area contributed by atoms with Crippen molar-refractivity contribution in [2.24, 2.45) is 0 Å². The summed E-state index contributed by atoms with van der Waals surface area (Å²) >= 11 is 0. The highest BCUT2D eigenvalue weighted by atomic mass is 19.4. The summed E-state index contributed by atoms with van der Waals surface area (Å²) in [6.45, 7) is 2.56. The van der Waals surface area contributed by atoms with E-state index in [-0.39, 0.29) is 5.97 Å². The topological polar surface area (TPSA) is 60.5 Å². The summed E-state index contributed by atoms with van der Waals surface area (Å²) in [4.78, 5) is 15.8. The maximum atomic E-state index is 12.8. The summed E-state index contributed by atoms with van der Waals surface area (Å²) in [6, 6.07) is 14.5. The van der Waals surface area contributed by atoms with E-state index in [1.54, 1.807) is 13.1 Å². The van der Waals surface area contributed by atoms with Gasteiger partial charge in [0.05, 0.1) is 19.3 Å². The number of hydrogen-bond donors (Lipinski definition) is 1. The van der Waals surface area contributed by atoms with Gasteiger partial charge in [0.1, 0.15) is 0 Å². The molecule has 5 nitrogen and oxygen atoms in total. The van der Waals surface area contributed by atoms with E-state index in [1.807, 2.05) is 30.3 Å². The molecule has 0 unspecified atom stereocenters. The average Bonchev–Trinajstić information content (AvgIpc) is 2.81. The summed E-state index contributed by atoms with van der Waals surface area (Å²) in [7, 11) is 1.52. The zero-order valence-electron chi connectivity index (χ0n) is 18.4.